The summed E-state index contributed by atoms with van der Waals surface area (Å²) in [5, 5.41) is 1.11. The Balaban J connectivity index is 3.17. The summed E-state index contributed by atoms with van der Waals surface area (Å²) >= 11 is 0. The van der Waals surface area contributed by atoms with Crippen molar-refractivity contribution in [1.82, 2.24) is 9.80 Å². The minimum Gasteiger partial charge on any atom is -0.382 e. The molecule has 0 fully saturated rings. The molecule has 0 aliphatic rings. The molecule has 0 heterocycles. The Morgan fingerprint density at radius 2 is 1.73 bits per heavy atom. The predicted octanol–water partition coefficient (Wildman–Crippen LogP) is 0.902. The Labute approximate surface area is 95.6 Å². The fourth-order valence-corrected chi connectivity index (χ4v) is 1.68. The molecule has 0 unspecified atom stereocenters. The highest BCUT2D eigenvalue weighted by Crippen LogP contribution is 2.14. The van der Waals surface area contributed by atoms with Crippen molar-refractivity contribution >= 4 is 21.1 Å². The number of rotatable bonds is 3. The van der Waals surface area contributed by atoms with Crippen LogP contribution in [-0.2, 0) is 0 Å². The third kappa shape index (κ3) is 3.13. The van der Waals surface area contributed by atoms with Gasteiger partial charge < -0.3 is 9.80 Å². The van der Waals surface area contributed by atoms with Crippen molar-refractivity contribution in [3.8, 4) is 0 Å². The lowest BCUT2D eigenvalue weighted by molar-refractivity contribution is 0.531. The van der Waals surface area contributed by atoms with Crippen LogP contribution in [0.15, 0.2) is 30.5 Å². The fraction of sp³-hybridized carbons (Fsp3) is 0.333. The zero-order valence-corrected chi connectivity index (χ0v) is 10.8. The van der Waals surface area contributed by atoms with Gasteiger partial charge in [0.15, 0.2) is 0 Å². The Kier molecular flexibility index (Phi) is 3.97. The molecule has 0 amide bonds. The molecule has 1 aromatic rings. The lowest BCUT2D eigenvalue weighted by Crippen LogP contribution is -2.20. The standard InChI is InChI=1S/C12H17N2Si/c1-13(2)9-11(14(3)4)10-7-5-6-8-12(10)15/h5-9H,1-4H3. The van der Waals surface area contributed by atoms with E-state index in [0.29, 0.717) is 0 Å². The molecule has 2 nitrogen and oxygen atoms in total. The molecule has 0 atom stereocenters. The van der Waals surface area contributed by atoms with Crippen molar-refractivity contribution < 1.29 is 0 Å². The molecule has 0 bridgehead atoms. The van der Waals surface area contributed by atoms with Crippen molar-refractivity contribution in [3.05, 3.63) is 36.0 Å². The average Bonchev–Trinajstić information content (AvgIpc) is 2.15. The van der Waals surface area contributed by atoms with Crippen molar-refractivity contribution in [2.75, 3.05) is 28.2 Å². The molecule has 0 aliphatic carbocycles. The van der Waals surface area contributed by atoms with Crippen LogP contribution in [0.1, 0.15) is 5.56 Å². The maximum Gasteiger partial charge on any atom is 0.0721 e. The summed E-state index contributed by atoms with van der Waals surface area (Å²) in [7, 11) is 11.8. The van der Waals surface area contributed by atoms with E-state index in [1.165, 1.54) is 11.3 Å². The number of hydrogen-bond acceptors (Lipinski definition) is 2. The Morgan fingerprint density at radius 1 is 1.13 bits per heavy atom. The van der Waals surface area contributed by atoms with Gasteiger partial charge in [0.25, 0.3) is 0 Å². The molecule has 0 aliphatic heterocycles. The summed E-state index contributed by atoms with van der Waals surface area (Å²) in [5.74, 6) is 0. The van der Waals surface area contributed by atoms with E-state index >= 15 is 0 Å². The van der Waals surface area contributed by atoms with Crippen LogP contribution in [0.4, 0.5) is 0 Å². The van der Waals surface area contributed by atoms with E-state index in [2.05, 4.69) is 33.5 Å². The van der Waals surface area contributed by atoms with E-state index in [1.54, 1.807) is 0 Å². The maximum absolute atomic E-state index is 3.62. The Morgan fingerprint density at radius 3 is 2.20 bits per heavy atom. The largest absolute Gasteiger partial charge is 0.382 e. The first-order valence-corrected chi connectivity index (χ1v) is 5.39. The Bertz CT molecular complexity index is 356. The van der Waals surface area contributed by atoms with Gasteiger partial charge in [0.2, 0.25) is 0 Å². The van der Waals surface area contributed by atoms with E-state index < -0.39 is 0 Å². The quantitative estimate of drug-likeness (QED) is 0.694. The SMILES string of the molecule is CN(C)C=C(c1ccccc1[Si])N(C)C. The first-order valence-electron chi connectivity index (χ1n) is 4.89. The maximum atomic E-state index is 3.62. The van der Waals surface area contributed by atoms with Crippen molar-refractivity contribution in [2.45, 2.75) is 0 Å². The van der Waals surface area contributed by atoms with Gasteiger partial charge in [-0.1, -0.05) is 29.5 Å². The summed E-state index contributed by atoms with van der Waals surface area (Å²) in [5.41, 5.74) is 2.39. The topological polar surface area (TPSA) is 6.48 Å². The zero-order chi connectivity index (χ0) is 11.4. The summed E-state index contributed by atoms with van der Waals surface area (Å²) < 4.78 is 0. The monoisotopic (exact) mass is 217 g/mol. The highest BCUT2D eigenvalue weighted by atomic mass is 28.1. The minimum atomic E-state index is 1.11. The molecular weight excluding hydrogens is 200 g/mol. The molecule has 1 aromatic carbocycles. The smallest absolute Gasteiger partial charge is 0.0721 e. The van der Waals surface area contributed by atoms with Crippen molar-refractivity contribution in [2.24, 2.45) is 0 Å². The van der Waals surface area contributed by atoms with E-state index in [1.807, 2.05) is 45.2 Å². The van der Waals surface area contributed by atoms with Crippen LogP contribution < -0.4 is 5.19 Å². The van der Waals surface area contributed by atoms with Gasteiger partial charge in [-0.15, -0.1) is 0 Å². The van der Waals surface area contributed by atoms with Gasteiger partial charge in [-0.3, -0.25) is 0 Å². The Hall–Kier alpha value is -1.22. The van der Waals surface area contributed by atoms with Crippen LogP contribution in [0.3, 0.4) is 0 Å². The summed E-state index contributed by atoms with van der Waals surface area (Å²) in [6.45, 7) is 0. The van der Waals surface area contributed by atoms with Crippen LogP contribution >= 0.6 is 0 Å². The van der Waals surface area contributed by atoms with E-state index in [-0.39, 0.29) is 0 Å². The molecule has 0 saturated carbocycles. The molecule has 0 spiro atoms. The molecular formula is C12H17N2Si. The van der Waals surface area contributed by atoms with Crippen LogP contribution in [0.2, 0.25) is 0 Å². The number of nitrogens with zero attached hydrogens (tertiary/aromatic N) is 2. The number of hydrogen-bond donors (Lipinski definition) is 0. The first-order chi connectivity index (χ1) is 7.02. The normalized spacial score (nSPS) is 11.4. The second kappa shape index (κ2) is 5.03. The van der Waals surface area contributed by atoms with Crippen molar-refractivity contribution in [1.29, 1.82) is 0 Å². The van der Waals surface area contributed by atoms with Gasteiger partial charge in [-0.2, -0.15) is 0 Å². The third-order valence-corrected chi connectivity index (χ3v) is 2.50. The molecule has 3 radical (unpaired) electrons. The van der Waals surface area contributed by atoms with Crippen LogP contribution in [0, 0.1) is 0 Å². The average molecular weight is 217 g/mol. The first kappa shape index (κ1) is 11.8. The van der Waals surface area contributed by atoms with Gasteiger partial charge in [0.05, 0.1) is 15.9 Å². The summed E-state index contributed by atoms with van der Waals surface area (Å²) in [4.78, 5) is 4.16. The number of benzene rings is 1. The van der Waals surface area contributed by atoms with Crippen molar-refractivity contribution in [3.63, 3.8) is 0 Å². The van der Waals surface area contributed by atoms with Crippen LogP contribution in [-0.4, -0.2) is 48.2 Å². The van der Waals surface area contributed by atoms with Gasteiger partial charge in [-0.05, 0) is 5.56 Å². The van der Waals surface area contributed by atoms with Crippen LogP contribution in [0.25, 0.3) is 5.70 Å². The second-order valence-corrected chi connectivity index (χ2v) is 4.46. The van der Waals surface area contributed by atoms with Gasteiger partial charge in [-0.25, -0.2) is 0 Å². The predicted molar refractivity (Wildman–Crippen MR) is 67.2 cm³/mol. The summed E-state index contributed by atoms with van der Waals surface area (Å²) in [6.07, 6.45) is 2.11. The van der Waals surface area contributed by atoms with E-state index in [4.69, 9.17) is 0 Å². The van der Waals surface area contributed by atoms with Crippen LogP contribution in [0.5, 0.6) is 0 Å². The highest BCUT2D eigenvalue weighted by Gasteiger charge is 2.06. The zero-order valence-electron chi connectivity index (χ0n) is 9.78. The lowest BCUT2D eigenvalue weighted by atomic mass is 10.1. The van der Waals surface area contributed by atoms with E-state index in [0.717, 1.165) is 5.19 Å². The molecule has 1 rings (SSSR count). The molecule has 0 saturated heterocycles. The minimum absolute atomic E-state index is 1.11. The molecule has 79 valence electrons. The fourth-order valence-electron chi connectivity index (χ4n) is 1.38. The van der Waals surface area contributed by atoms with Gasteiger partial charge >= 0.3 is 0 Å². The lowest BCUT2D eigenvalue weighted by Gasteiger charge is -2.21. The molecule has 0 aromatic heterocycles. The highest BCUT2D eigenvalue weighted by molar-refractivity contribution is 6.34. The van der Waals surface area contributed by atoms with E-state index in [9.17, 15) is 0 Å². The molecule has 3 heteroatoms. The van der Waals surface area contributed by atoms with Gasteiger partial charge in [0, 0.05) is 34.4 Å². The summed E-state index contributed by atoms with van der Waals surface area (Å²) in [6, 6.07) is 8.23. The molecule has 15 heavy (non-hydrogen) atoms. The molecule has 0 N–H and O–H groups in total. The van der Waals surface area contributed by atoms with Gasteiger partial charge in [0.1, 0.15) is 0 Å². The second-order valence-electron chi connectivity index (χ2n) is 3.92. The third-order valence-electron chi connectivity index (χ3n) is 2.07.